The number of benzene rings is 1. The van der Waals surface area contributed by atoms with Gasteiger partial charge in [0.15, 0.2) is 0 Å². The van der Waals surface area contributed by atoms with Crippen LogP contribution in [-0.4, -0.2) is 17.7 Å². The Kier molecular flexibility index (Phi) is 3.72. The summed E-state index contributed by atoms with van der Waals surface area (Å²) in [7, 11) is 0. The van der Waals surface area contributed by atoms with Crippen LogP contribution < -0.4 is 5.32 Å². The van der Waals surface area contributed by atoms with Crippen LogP contribution in [0.3, 0.4) is 0 Å². The maximum absolute atomic E-state index is 10.3. The molecule has 0 aliphatic heterocycles. The molecule has 1 amide bonds. The fraction of sp³-hybridized carbons (Fsp3) is 0.417. The summed E-state index contributed by atoms with van der Waals surface area (Å²) < 4.78 is 0. The highest BCUT2D eigenvalue weighted by Crippen LogP contribution is 2.16. The van der Waals surface area contributed by atoms with Crippen LogP contribution in [0.4, 0.5) is 4.79 Å². The summed E-state index contributed by atoms with van der Waals surface area (Å²) in [6, 6.07) is 4.26. The van der Waals surface area contributed by atoms with Gasteiger partial charge in [-0.1, -0.05) is 17.7 Å². The molecule has 0 aromatic heterocycles. The topological polar surface area (TPSA) is 49.3 Å². The van der Waals surface area contributed by atoms with Gasteiger partial charge in [0.1, 0.15) is 0 Å². The van der Waals surface area contributed by atoms with Crippen molar-refractivity contribution in [3.63, 3.8) is 0 Å². The van der Waals surface area contributed by atoms with Crippen molar-refractivity contribution in [2.75, 3.05) is 6.54 Å². The van der Waals surface area contributed by atoms with E-state index in [-0.39, 0.29) is 0 Å². The molecular formula is C12H17NO2. The van der Waals surface area contributed by atoms with Crippen molar-refractivity contribution >= 4 is 6.09 Å². The van der Waals surface area contributed by atoms with Crippen LogP contribution in [0.2, 0.25) is 0 Å². The molecule has 0 aliphatic carbocycles. The first-order valence-corrected chi connectivity index (χ1v) is 5.04. The number of carboxylic acid groups (broad SMARTS) is 1. The average molecular weight is 207 g/mol. The van der Waals surface area contributed by atoms with Gasteiger partial charge in [0.2, 0.25) is 0 Å². The third-order valence-corrected chi connectivity index (χ3v) is 2.49. The van der Waals surface area contributed by atoms with Crippen molar-refractivity contribution in [3.8, 4) is 0 Å². The molecule has 0 saturated carbocycles. The summed E-state index contributed by atoms with van der Waals surface area (Å²) in [5.41, 5.74) is 4.97. The van der Waals surface area contributed by atoms with E-state index in [4.69, 9.17) is 5.11 Å². The highest BCUT2D eigenvalue weighted by Gasteiger charge is 2.04. The maximum atomic E-state index is 10.3. The first-order valence-electron chi connectivity index (χ1n) is 5.04. The van der Waals surface area contributed by atoms with E-state index < -0.39 is 6.09 Å². The molecule has 1 aromatic carbocycles. The maximum Gasteiger partial charge on any atom is 0.404 e. The van der Waals surface area contributed by atoms with E-state index in [1.165, 1.54) is 22.3 Å². The fourth-order valence-corrected chi connectivity index (χ4v) is 1.90. The van der Waals surface area contributed by atoms with Crippen LogP contribution in [0.1, 0.15) is 22.3 Å². The first-order chi connectivity index (χ1) is 7.00. The monoisotopic (exact) mass is 207 g/mol. The molecule has 0 radical (unpaired) electrons. The number of rotatable bonds is 3. The summed E-state index contributed by atoms with van der Waals surface area (Å²) in [6.45, 7) is 6.67. The van der Waals surface area contributed by atoms with E-state index in [2.05, 4.69) is 38.2 Å². The quantitative estimate of drug-likeness (QED) is 0.799. The van der Waals surface area contributed by atoms with Gasteiger partial charge in [-0.05, 0) is 43.9 Å². The highest BCUT2D eigenvalue weighted by molar-refractivity contribution is 5.64. The molecule has 3 nitrogen and oxygen atoms in total. The zero-order valence-corrected chi connectivity index (χ0v) is 9.42. The molecular weight excluding hydrogens is 190 g/mol. The standard InChI is InChI=1S/C12H17NO2/c1-8-6-9(2)11(10(3)7-8)4-5-13-12(14)15/h6-7,13H,4-5H2,1-3H3,(H,14,15). The van der Waals surface area contributed by atoms with Crippen LogP contribution >= 0.6 is 0 Å². The lowest BCUT2D eigenvalue weighted by molar-refractivity contribution is 0.194. The highest BCUT2D eigenvalue weighted by atomic mass is 16.4. The Morgan fingerprint density at radius 1 is 1.27 bits per heavy atom. The van der Waals surface area contributed by atoms with Gasteiger partial charge in [-0.3, -0.25) is 0 Å². The number of nitrogens with one attached hydrogen (secondary N) is 1. The molecule has 15 heavy (non-hydrogen) atoms. The molecule has 0 saturated heterocycles. The fourth-order valence-electron chi connectivity index (χ4n) is 1.90. The summed E-state index contributed by atoms with van der Waals surface area (Å²) >= 11 is 0. The third-order valence-electron chi connectivity index (χ3n) is 2.49. The molecule has 0 heterocycles. The summed E-state index contributed by atoms with van der Waals surface area (Å²) in [4.78, 5) is 10.3. The van der Waals surface area contributed by atoms with Gasteiger partial charge >= 0.3 is 6.09 Å². The lowest BCUT2D eigenvalue weighted by atomic mass is 9.97. The Bertz CT molecular complexity index is 349. The third kappa shape index (κ3) is 3.27. The van der Waals surface area contributed by atoms with E-state index in [1.807, 2.05) is 0 Å². The molecule has 3 heteroatoms. The molecule has 0 atom stereocenters. The first kappa shape index (κ1) is 11.6. The Morgan fingerprint density at radius 2 is 1.80 bits per heavy atom. The summed E-state index contributed by atoms with van der Waals surface area (Å²) in [6.07, 6.45) is -0.207. The molecule has 0 bridgehead atoms. The Labute approximate surface area is 90.1 Å². The molecule has 1 aromatic rings. The number of aryl methyl sites for hydroxylation is 3. The van der Waals surface area contributed by atoms with Crippen LogP contribution in [0, 0.1) is 20.8 Å². The Balaban J connectivity index is 2.72. The second-order valence-corrected chi connectivity index (χ2v) is 3.86. The van der Waals surface area contributed by atoms with Crippen LogP contribution in [-0.2, 0) is 6.42 Å². The molecule has 1 rings (SSSR count). The minimum Gasteiger partial charge on any atom is -0.465 e. The zero-order chi connectivity index (χ0) is 11.4. The van der Waals surface area contributed by atoms with Crippen LogP contribution in [0.15, 0.2) is 12.1 Å². The van der Waals surface area contributed by atoms with Crippen molar-refractivity contribution in [2.24, 2.45) is 0 Å². The van der Waals surface area contributed by atoms with E-state index in [0.29, 0.717) is 6.54 Å². The number of carbonyl (C=O) groups is 1. The van der Waals surface area contributed by atoms with Gasteiger partial charge in [-0.15, -0.1) is 0 Å². The summed E-state index contributed by atoms with van der Waals surface area (Å²) in [5, 5.41) is 10.8. The Hall–Kier alpha value is -1.51. The Morgan fingerprint density at radius 3 is 2.27 bits per heavy atom. The van der Waals surface area contributed by atoms with E-state index >= 15 is 0 Å². The molecule has 0 aliphatic rings. The van der Waals surface area contributed by atoms with Crippen molar-refractivity contribution < 1.29 is 9.90 Å². The minimum atomic E-state index is -0.961. The SMILES string of the molecule is Cc1cc(C)c(CCNC(=O)O)c(C)c1. The molecule has 2 N–H and O–H groups in total. The van der Waals surface area contributed by atoms with Gasteiger partial charge < -0.3 is 10.4 Å². The lowest BCUT2D eigenvalue weighted by Crippen LogP contribution is -2.23. The predicted octanol–water partition coefficient (Wildman–Crippen LogP) is 2.42. The van der Waals surface area contributed by atoms with E-state index in [9.17, 15) is 4.79 Å². The predicted molar refractivity (Wildman–Crippen MR) is 60.4 cm³/mol. The zero-order valence-electron chi connectivity index (χ0n) is 9.42. The average Bonchev–Trinajstić information content (AvgIpc) is 2.08. The second-order valence-electron chi connectivity index (χ2n) is 3.86. The minimum absolute atomic E-state index is 0.472. The van der Waals surface area contributed by atoms with Crippen LogP contribution in [0.5, 0.6) is 0 Å². The number of amides is 1. The van der Waals surface area contributed by atoms with Crippen molar-refractivity contribution in [2.45, 2.75) is 27.2 Å². The normalized spacial score (nSPS) is 10.1. The second kappa shape index (κ2) is 4.82. The smallest absolute Gasteiger partial charge is 0.404 e. The largest absolute Gasteiger partial charge is 0.465 e. The summed E-state index contributed by atoms with van der Waals surface area (Å²) in [5.74, 6) is 0. The van der Waals surface area contributed by atoms with Gasteiger partial charge in [0, 0.05) is 6.54 Å². The van der Waals surface area contributed by atoms with Crippen molar-refractivity contribution in [3.05, 3.63) is 34.4 Å². The molecule has 82 valence electrons. The number of hydrogen-bond acceptors (Lipinski definition) is 1. The molecule has 0 unspecified atom stereocenters. The lowest BCUT2D eigenvalue weighted by Gasteiger charge is -2.11. The van der Waals surface area contributed by atoms with E-state index in [0.717, 1.165) is 6.42 Å². The molecule has 0 spiro atoms. The van der Waals surface area contributed by atoms with Gasteiger partial charge in [-0.2, -0.15) is 0 Å². The molecule has 0 fully saturated rings. The van der Waals surface area contributed by atoms with Gasteiger partial charge in [0.25, 0.3) is 0 Å². The van der Waals surface area contributed by atoms with E-state index in [1.54, 1.807) is 0 Å². The van der Waals surface area contributed by atoms with Gasteiger partial charge in [-0.25, -0.2) is 4.79 Å². The van der Waals surface area contributed by atoms with Crippen molar-refractivity contribution in [1.82, 2.24) is 5.32 Å². The van der Waals surface area contributed by atoms with Crippen LogP contribution in [0.25, 0.3) is 0 Å². The number of hydrogen-bond donors (Lipinski definition) is 2. The van der Waals surface area contributed by atoms with Gasteiger partial charge in [0.05, 0.1) is 0 Å². The van der Waals surface area contributed by atoms with Crippen molar-refractivity contribution in [1.29, 1.82) is 0 Å².